The average Bonchev–Trinajstić information content (AvgIpc) is 3.37. The summed E-state index contributed by atoms with van der Waals surface area (Å²) in [5.74, 6) is -0.576. The highest BCUT2D eigenvalue weighted by molar-refractivity contribution is 5.98. The topological polar surface area (TPSA) is 64.3 Å². The number of halogens is 3. The molecule has 0 heterocycles. The molecule has 0 spiro atoms. The molecule has 1 amide bonds. The summed E-state index contributed by atoms with van der Waals surface area (Å²) in [6, 6.07) is 4.66. The standard InChI is InChI=1S/C18H23F3N2O2/c19-18(20,21)12-3-6-14(7-4-12)23-17(24)15-9-13(22)5-8-16(15)25-10-11-1-2-11/h5,8-9,11-12,14H,1-4,6-7,10,22H2,(H,23,24). The van der Waals surface area contributed by atoms with Gasteiger partial charge in [0.2, 0.25) is 0 Å². The van der Waals surface area contributed by atoms with E-state index in [1.165, 1.54) is 0 Å². The van der Waals surface area contributed by atoms with Gasteiger partial charge in [-0.2, -0.15) is 13.2 Å². The predicted molar refractivity (Wildman–Crippen MR) is 88.3 cm³/mol. The molecule has 0 aliphatic heterocycles. The number of carbonyl (C=O) groups is 1. The molecule has 0 radical (unpaired) electrons. The first-order valence-electron chi connectivity index (χ1n) is 8.73. The lowest BCUT2D eigenvalue weighted by molar-refractivity contribution is -0.182. The molecule has 0 unspecified atom stereocenters. The maximum Gasteiger partial charge on any atom is 0.391 e. The Labute approximate surface area is 144 Å². The number of amides is 1. The molecular weight excluding hydrogens is 333 g/mol. The van der Waals surface area contributed by atoms with Gasteiger partial charge in [0.1, 0.15) is 5.75 Å². The number of rotatable bonds is 5. The molecule has 0 atom stereocenters. The molecule has 138 valence electrons. The number of ether oxygens (including phenoxy) is 1. The van der Waals surface area contributed by atoms with E-state index in [0.717, 1.165) is 12.8 Å². The van der Waals surface area contributed by atoms with Crippen LogP contribution in [0.4, 0.5) is 18.9 Å². The zero-order valence-electron chi connectivity index (χ0n) is 13.9. The molecular formula is C18H23F3N2O2. The fourth-order valence-corrected chi connectivity index (χ4v) is 3.17. The fourth-order valence-electron chi connectivity index (χ4n) is 3.17. The Hall–Kier alpha value is -1.92. The molecule has 4 nitrogen and oxygen atoms in total. The van der Waals surface area contributed by atoms with Crippen LogP contribution < -0.4 is 15.8 Å². The van der Waals surface area contributed by atoms with Crippen LogP contribution in [0.2, 0.25) is 0 Å². The minimum atomic E-state index is -4.15. The number of nitrogen functional groups attached to an aromatic ring is 1. The molecule has 1 aromatic carbocycles. The summed E-state index contributed by atoms with van der Waals surface area (Å²) in [6.07, 6.45) is -1.11. The molecule has 3 N–H and O–H groups in total. The monoisotopic (exact) mass is 356 g/mol. The van der Waals surface area contributed by atoms with Crippen LogP contribution in [0, 0.1) is 11.8 Å². The van der Waals surface area contributed by atoms with Gasteiger partial charge < -0.3 is 15.8 Å². The van der Waals surface area contributed by atoms with Gasteiger partial charge in [0.05, 0.1) is 18.1 Å². The van der Waals surface area contributed by atoms with E-state index in [-0.39, 0.29) is 24.8 Å². The van der Waals surface area contributed by atoms with Crippen LogP contribution in [0.3, 0.4) is 0 Å². The summed E-state index contributed by atoms with van der Waals surface area (Å²) in [4.78, 5) is 12.6. The van der Waals surface area contributed by atoms with Gasteiger partial charge >= 0.3 is 6.18 Å². The fraction of sp³-hybridized carbons (Fsp3) is 0.611. The highest BCUT2D eigenvalue weighted by Crippen LogP contribution is 2.37. The van der Waals surface area contributed by atoms with E-state index in [1.54, 1.807) is 18.2 Å². The Kier molecular flexibility index (Phi) is 5.11. The van der Waals surface area contributed by atoms with E-state index >= 15 is 0 Å². The smallest absolute Gasteiger partial charge is 0.391 e. The summed E-state index contributed by atoms with van der Waals surface area (Å²) >= 11 is 0. The second kappa shape index (κ2) is 7.14. The van der Waals surface area contributed by atoms with Crippen LogP contribution in [0.25, 0.3) is 0 Å². The maximum atomic E-state index is 12.7. The molecule has 0 bridgehead atoms. The van der Waals surface area contributed by atoms with Crippen LogP contribution in [0.5, 0.6) is 5.75 Å². The SMILES string of the molecule is Nc1ccc(OCC2CC2)c(C(=O)NC2CCC(C(F)(F)F)CC2)c1. The summed E-state index contributed by atoms with van der Waals surface area (Å²) in [6.45, 7) is 0.570. The van der Waals surface area contributed by atoms with Crippen molar-refractivity contribution in [1.82, 2.24) is 5.32 Å². The van der Waals surface area contributed by atoms with Crippen molar-refractivity contribution in [3.8, 4) is 5.75 Å². The highest BCUT2D eigenvalue weighted by Gasteiger charge is 2.41. The Morgan fingerprint density at radius 1 is 1.16 bits per heavy atom. The van der Waals surface area contributed by atoms with Gasteiger partial charge in [0.15, 0.2) is 0 Å². The first-order valence-corrected chi connectivity index (χ1v) is 8.73. The first kappa shape index (κ1) is 17.9. The lowest BCUT2D eigenvalue weighted by atomic mass is 9.85. The summed E-state index contributed by atoms with van der Waals surface area (Å²) in [5, 5.41) is 2.84. The van der Waals surface area contributed by atoms with Crippen molar-refractivity contribution in [3.63, 3.8) is 0 Å². The molecule has 0 aromatic heterocycles. The summed E-state index contributed by atoms with van der Waals surface area (Å²) in [7, 11) is 0. The van der Waals surface area contributed by atoms with E-state index in [9.17, 15) is 18.0 Å². The average molecular weight is 356 g/mol. The van der Waals surface area contributed by atoms with Crippen molar-refractivity contribution >= 4 is 11.6 Å². The lowest BCUT2D eigenvalue weighted by Crippen LogP contribution is -2.40. The maximum absolute atomic E-state index is 12.7. The number of benzene rings is 1. The molecule has 2 fully saturated rings. The number of carbonyl (C=O) groups excluding carboxylic acids is 1. The third-order valence-corrected chi connectivity index (χ3v) is 4.95. The first-order chi connectivity index (χ1) is 11.8. The van der Waals surface area contributed by atoms with Crippen molar-refractivity contribution in [2.45, 2.75) is 50.7 Å². The largest absolute Gasteiger partial charge is 0.492 e. The zero-order chi connectivity index (χ0) is 18.0. The van der Waals surface area contributed by atoms with E-state index in [0.29, 0.717) is 42.4 Å². The van der Waals surface area contributed by atoms with Crippen molar-refractivity contribution in [1.29, 1.82) is 0 Å². The third kappa shape index (κ3) is 4.80. The number of hydrogen-bond acceptors (Lipinski definition) is 3. The second-order valence-electron chi connectivity index (χ2n) is 7.07. The minimum absolute atomic E-state index is 0.0520. The van der Waals surface area contributed by atoms with Crippen LogP contribution >= 0.6 is 0 Å². The minimum Gasteiger partial charge on any atom is -0.492 e. The third-order valence-electron chi connectivity index (χ3n) is 4.95. The van der Waals surface area contributed by atoms with Crippen molar-refractivity contribution in [2.75, 3.05) is 12.3 Å². The lowest BCUT2D eigenvalue weighted by Gasteiger charge is -2.30. The Morgan fingerprint density at radius 2 is 1.84 bits per heavy atom. The van der Waals surface area contributed by atoms with Gasteiger partial charge in [0, 0.05) is 11.7 Å². The number of nitrogens with one attached hydrogen (secondary N) is 1. The Balaban J connectivity index is 1.60. The molecule has 2 saturated carbocycles. The molecule has 2 aliphatic carbocycles. The van der Waals surface area contributed by atoms with E-state index in [4.69, 9.17) is 10.5 Å². The van der Waals surface area contributed by atoms with Gasteiger partial charge in [0.25, 0.3) is 5.91 Å². The van der Waals surface area contributed by atoms with Crippen molar-refractivity contribution in [2.24, 2.45) is 11.8 Å². The van der Waals surface area contributed by atoms with E-state index in [2.05, 4.69) is 5.32 Å². The predicted octanol–water partition coefficient (Wildman–Crippen LogP) is 3.91. The van der Waals surface area contributed by atoms with Crippen LogP contribution in [0.15, 0.2) is 18.2 Å². The van der Waals surface area contributed by atoms with Gasteiger partial charge in [-0.3, -0.25) is 4.79 Å². The Bertz CT molecular complexity index is 621. The van der Waals surface area contributed by atoms with E-state index < -0.39 is 12.1 Å². The molecule has 2 aliphatic rings. The highest BCUT2D eigenvalue weighted by atomic mass is 19.4. The van der Waals surface area contributed by atoms with Gasteiger partial charge in [-0.15, -0.1) is 0 Å². The molecule has 0 saturated heterocycles. The second-order valence-corrected chi connectivity index (χ2v) is 7.07. The number of nitrogens with two attached hydrogens (primary N) is 1. The molecule has 25 heavy (non-hydrogen) atoms. The number of anilines is 1. The normalized spacial score (nSPS) is 24.0. The Morgan fingerprint density at radius 3 is 2.44 bits per heavy atom. The van der Waals surface area contributed by atoms with Crippen LogP contribution in [0.1, 0.15) is 48.9 Å². The van der Waals surface area contributed by atoms with Crippen LogP contribution in [-0.4, -0.2) is 24.7 Å². The van der Waals surface area contributed by atoms with Crippen molar-refractivity contribution in [3.05, 3.63) is 23.8 Å². The number of alkyl halides is 3. The zero-order valence-corrected chi connectivity index (χ0v) is 13.9. The van der Waals surface area contributed by atoms with E-state index in [1.807, 2.05) is 0 Å². The molecule has 3 rings (SSSR count). The van der Waals surface area contributed by atoms with Gasteiger partial charge in [-0.1, -0.05) is 0 Å². The van der Waals surface area contributed by atoms with Crippen LogP contribution in [-0.2, 0) is 0 Å². The molecule has 7 heteroatoms. The van der Waals surface area contributed by atoms with Gasteiger partial charge in [-0.25, -0.2) is 0 Å². The summed E-state index contributed by atoms with van der Waals surface area (Å²) < 4.78 is 43.9. The number of hydrogen-bond donors (Lipinski definition) is 2. The summed E-state index contributed by atoms with van der Waals surface area (Å²) in [5.41, 5.74) is 6.57. The van der Waals surface area contributed by atoms with Gasteiger partial charge in [-0.05, 0) is 62.6 Å². The molecule has 1 aromatic rings. The quantitative estimate of drug-likeness (QED) is 0.786. The van der Waals surface area contributed by atoms with Crippen molar-refractivity contribution < 1.29 is 22.7 Å².